The van der Waals surface area contributed by atoms with Crippen molar-refractivity contribution in [3.63, 3.8) is 0 Å². The van der Waals surface area contributed by atoms with Crippen LogP contribution < -0.4 is 0 Å². The summed E-state index contributed by atoms with van der Waals surface area (Å²) in [7, 11) is 1.70. The number of aromatic nitrogens is 1. The number of rotatable bonds is 4. The van der Waals surface area contributed by atoms with Crippen LogP contribution in [0.5, 0.6) is 0 Å². The van der Waals surface area contributed by atoms with E-state index in [1.165, 1.54) is 0 Å². The molecule has 96 valence electrons. The van der Waals surface area contributed by atoms with Crippen LogP contribution in [0, 0.1) is 0 Å². The molecule has 5 nitrogen and oxygen atoms in total. The normalized spacial score (nSPS) is 25.0. The molecule has 1 atom stereocenters. The third-order valence-corrected chi connectivity index (χ3v) is 2.78. The number of hydrogen-bond acceptors (Lipinski definition) is 5. The summed E-state index contributed by atoms with van der Waals surface area (Å²) >= 11 is 0. The number of ether oxygens (including phenoxy) is 2. The van der Waals surface area contributed by atoms with Crippen molar-refractivity contribution in [3.8, 4) is 0 Å². The van der Waals surface area contributed by atoms with Crippen LogP contribution in [-0.4, -0.2) is 48.6 Å². The van der Waals surface area contributed by atoms with Gasteiger partial charge in [0.2, 0.25) is 0 Å². The molecule has 0 amide bonds. The molecule has 0 aromatic carbocycles. The summed E-state index contributed by atoms with van der Waals surface area (Å²) in [6.45, 7) is 7.38. The van der Waals surface area contributed by atoms with Gasteiger partial charge in [-0.15, -0.1) is 0 Å². The van der Waals surface area contributed by atoms with E-state index in [1.807, 2.05) is 6.07 Å². The van der Waals surface area contributed by atoms with Crippen molar-refractivity contribution < 1.29 is 14.0 Å². The van der Waals surface area contributed by atoms with Crippen molar-refractivity contribution in [2.24, 2.45) is 0 Å². The Bertz CT molecular complexity index is 338. The molecule has 0 spiro atoms. The number of methoxy groups -OCH3 is 1. The first kappa shape index (κ1) is 12.5. The van der Waals surface area contributed by atoms with Gasteiger partial charge in [-0.2, -0.15) is 0 Å². The van der Waals surface area contributed by atoms with Crippen LogP contribution in [0.4, 0.5) is 0 Å². The first-order valence-corrected chi connectivity index (χ1v) is 5.87. The Labute approximate surface area is 102 Å². The van der Waals surface area contributed by atoms with E-state index < -0.39 is 0 Å². The molecule has 0 bridgehead atoms. The largest absolute Gasteiger partial charge is 0.382 e. The zero-order valence-electron chi connectivity index (χ0n) is 10.7. The number of nitrogens with zero attached hydrogens (tertiary/aromatic N) is 2. The molecule has 0 unspecified atom stereocenters. The molecule has 2 heterocycles. The van der Waals surface area contributed by atoms with Crippen LogP contribution in [0.25, 0.3) is 0 Å². The third-order valence-electron chi connectivity index (χ3n) is 2.78. The van der Waals surface area contributed by atoms with Gasteiger partial charge in [0.1, 0.15) is 6.26 Å². The van der Waals surface area contributed by atoms with Crippen molar-refractivity contribution in [1.82, 2.24) is 10.1 Å². The first-order chi connectivity index (χ1) is 8.09. The fourth-order valence-electron chi connectivity index (χ4n) is 2.36. The summed E-state index contributed by atoms with van der Waals surface area (Å²) in [5.41, 5.74) is 0.810. The summed E-state index contributed by atoms with van der Waals surface area (Å²) in [5, 5.41) is 3.94. The van der Waals surface area contributed by atoms with Gasteiger partial charge in [-0.1, -0.05) is 5.16 Å². The molecule has 1 fully saturated rings. The molecule has 1 aliphatic heterocycles. The van der Waals surface area contributed by atoms with Gasteiger partial charge in [0.25, 0.3) is 0 Å². The average Bonchev–Trinajstić information content (AvgIpc) is 2.68. The molecule has 17 heavy (non-hydrogen) atoms. The Morgan fingerprint density at radius 3 is 3.06 bits per heavy atom. The molecule has 0 aliphatic carbocycles. The number of morpholine rings is 1. The maximum atomic E-state index is 5.95. The fourth-order valence-corrected chi connectivity index (χ4v) is 2.36. The Kier molecular flexibility index (Phi) is 3.81. The van der Waals surface area contributed by atoms with Crippen LogP contribution >= 0.6 is 0 Å². The molecule has 1 aromatic rings. The zero-order valence-corrected chi connectivity index (χ0v) is 10.7. The SMILES string of the molecule is COC[C@H]1CN(Cc2ccon2)CC(C)(C)O1. The molecule has 0 radical (unpaired) electrons. The molecule has 0 saturated carbocycles. The van der Waals surface area contributed by atoms with Crippen molar-refractivity contribution in [2.75, 3.05) is 26.8 Å². The minimum atomic E-state index is -0.148. The Morgan fingerprint density at radius 2 is 2.41 bits per heavy atom. The predicted molar refractivity (Wildman–Crippen MR) is 62.6 cm³/mol. The van der Waals surface area contributed by atoms with E-state index in [-0.39, 0.29) is 11.7 Å². The molecule has 2 rings (SSSR count). The lowest BCUT2D eigenvalue weighted by Crippen LogP contribution is -2.53. The second-order valence-corrected chi connectivity index (χ2v) is 5.12. The summed E-state index contributed by atoms with van der Waals surface area (Å²) < 4.78 is 16.0. The van der Waals surface area contributed by atoms with Gasteiger partial charge < -0.3 is 14.0 Å². The van der Waals surface area contributed by atoms with Crippen molar-refractivity contribution in [1.29, 1.82) is 0 Å². The highest BCUT2D eigenvalue weighted by Gasteiger charge is 2.33. The Hall–Kier alpha value is -0.910. The van der Waals surface area contributed by atoms with Crippen molar-refractivity contribution in [2.45, 2.75) is 32.1 Å². The van der Waals surface area contributed by atoms with E-state index >= 15 is 0 Å². The fraction of sp³-hybridized carbons (Fsp3) is 0.750. The van der Waals surface area contributed by atoms with E-state index in [4.69, 9.17) is 14.0 Å². The minimum Gasteiger partial charge on any atom is -0.382 e. The maximum absolute atomic E-state index is 5.95. The van der Waals surface area contributed by atoms with E-state index in [0.29, 0.717) is 6.61 Å². The standard InChI is InChI=1S/C12H20N2O3/c1-12(2)9-14(6-10-4-5-16-13-10)7-11(17-12)8-15-3/h4-5,11H,6-9H2,1-3H3/t11-/m1/s1. The smallest absolute Gasteiger partial charge is 0.124 e. The monoisotopic (exact) mass is 240 g/mol. The lowest BCUT2D eigenvalue weighted by atomic mass is 10.1. The van der Waals surface area contributed by atoms with Crippen LogP contribution in [0.2, 0.25) is 0 Å². The molecular weight excluding hydrogens is 220 g/mol. The molecule has 1 saturated heterocycles. The topological polar surface area (TPSA) is 47.7 Å². The minimum absolute atomic E-state index is 0.121. The summed E-state index contributed by atoms with van der Waals surface area (Å²) in [6.07, 6.45) is 1.73. The van der Waals surface area contributed by atoms with Crippen LogP contribution in [0.1, 0.15) is 19.5 Å². The molecule has 5 heteroatoms. The third kappa shape index (κ3) is 3.52. The second-order valence-electron chi connectivity index (χ2n) is 5.12. The van der Waals surface area contributed by atoms with Gasteiger partial charge in [-0.05, 0) is 13.8 Å². The summed E-state index contributed by atoms with van der Waals surface area (Å²) in [4.78, 5) is 2.32. The van der Waals surface area contributed by atoms with Crippen LogP contribution in [-0.2, 0) is 16.0 Å². The van der Waals surface area contributed by atoms with Gasteiger partial charge >= 0.3 is 0 Å². The highest BCUT2D eigenvalue weighted by atomic mass is 16.5. The lowest BCUT2D eigenvalue weighted by molar-refractivity contribution is -0.154. The highest BCUT2D eigenvalue weighted by molar-refractivity contribution is 4.96. The second kappa shape index (κ2) is 5.16. The van der Waals surface area contributed by atoms with E-state index in [9.17, 15) is 0 Å². The lowest BCUT2D eigenvalue weighted by Gasteiger charge is -2.42. The van der Waals surface area contributed by atoms with Gasteiger partial charge in [-0.25, -0.2) is 0 Å². The van der Waals surface area contributed by atoms with Crippen LogP contribution in [0.3, 0.4) is 0 Å². The maximum Gasteiger partial charge on any atom is 0.124 e. The van der Waals surface area contributed by atoms with Gasteiger partial charge in [0, 0.05) is 32.8 Å². The van der Waals surface area contributed by atoms with Gasteiger partial charge in [0.05, 0.1) is 24.0 Å². The zero-order chi connectivity index (χ0) is 12.3. The number of hydrogen-bond donors (Lipinski definition) is 0. The van der Waals surface area contributed by atoms with E-state index in [1.54, 1.807) is 13.4 Å². The molecule has 1 aromatic heterocycles. The van der Waals surface area contributed by atoms with E-state index in [2.05, 4.69) is 23.9 Å². The quantitative estimate of drug-likeness (QED) is 0.794. The van der Waals surface area contributed by atoms with Crippen molar-refractivity contribution >= 4 is 0 Å². The molecule has 0 N–H and O–H groups in total. The summed E-state index contributed by atoms with van der Waals surface area (Å²) in [5.74, 6) is 0. The Balaban J connectivity index is 1.97. The Morgan fingerprint density at radius 1 is 1.59 bits per heavy atom. The van der Waals surface area contributed by atoms with Gasteiger partial charge in [0.15, 0.2) is 0 Å². The average molecular weight is 240 g/mol. The van der Waals surface area contributed by atoms with Crippen LogP contribution in [0.15, 0.2) is 16.9 Å². The van der Waals surface area contributed by atoms with Gasteiger partial charge in [-0.3, -0.25) is 4.90 Å². The van der Waals surface area contributed by atoms with E-state index in [0.717, 1.165) is 25.3 Å². The van der Waals surface area contributed by atoms with Crippen molar-refractivity contribution in [3.05, 3.63) is 18.0 Å². The molecule has 1 aliphatic rings. The highest BCUT2D eigenvalue weighted by Crippen LogP contribution is 2.22. The molecular formula is C12H20N2O3. The summed E-state index contributed by atoms with van der Waals surface area (Å²) in [6, 6.07) is 1.90. The first-order valence-electron chi connectivity index (χ1n) is 5.87. The predicted octanol–water partition coefficient (Wildman–Crippen LogP) is 1.30.